The van der Waals surface area contributed by atoms with Crippen molar-refractivity contribution in [3.63, 3.8) is 0 Å². The third-order valence-corrected chi connectivity index (χ3v) is 6.12. The Morgan fingerprint density at radius 2 is 1.79 bits per heavy atom. The second-order valence-electron chi connectivity index (χ2n) is 10.0. The summed E-state index contributed by atoms with van der Waals surface area (Å²) in [6.45, 7) is 5.79. The SMILES string of the molecule is CC(=O)c1nc(-c2ccc(CC(CNC(=O)CN(C)C)NC(=O)c3ccc(OC(C)C)c(Cl)c3)cc2)cn1C. The Morgan fingerprint density at radius 3 is 2.36 bits per heavy atom. The monoisotopic (exact) mass is 553 g/mol. The average Bonchev–Trinajstić information content (AvgIpc) is 3.25. The highest BCUT2D eigenvalue weighted by atomic mass is 35.5. The number of ether oxygens (including phenoxy) is 1. The molecule has 0 aliphatic rings. The third-order valence-electron chi connectivity index (χ3n) is 5.82. The molecule has 0 aliphatic carbocycles. The molecule has 2 aromatic carbocycles. The van der Waals surface area contributed by atoms with Gasteiger partial charge in [-0.05, 0) is 58.1 Å². The number of imidazole rings is 1. The number of hydrogen-bond donors (Lipinski definition) is 2. The van der Waals surface area contributed by atoms with Crippen LogP contribution >= 0.6 is 11.6 Å². The number of benzene rings is 2. The number of aromatic nitrogens is 2. The van der Waals surface area contributed by atoms with Crippen molar-refractivity contribution in [2.75, 3.05) is 27.2 Å². The maximum absolute atomic E-state index is 13.1. The van der Waals surface area contributed by atoms with E-state index < -0.39 is 0 Å². The zero-order valence-electron chi connectivity index (χ0n) is 23.2. The van der Waals surface area contributed by atoms with Crippen molar-refractivity contribution in [2.24, 2.45) is 7.05 Å². The quantitative estimate of drug-likeness (QED) is 0.331. The number of aryl methyl sites for hydroxylation is 1. The third kappa shape index (κ3) is 8.66. The first-order chi connectivity index (χ1) is 18.4. The number of halogens is 1. The van der Waals surface area contributed by atoms with E-state index in [-0.39, 0.29) is 42.8 Å². The maximum atomic E-state index is 13.1. The van der Waals surface area contributed by atoms with Crippen molar-refractivity contribution in [1.82, 2.24) is 25.1 Å². The number of nitrogens with one attached hydrogen (secondary N) is 2. The smallest absolute Gasteiger partial charge is 0.251 e. The summed E-state index contributed by atoms with van der Waals surface area (Å²) >= 11 is 6.34. The molecule has 0 saturated carbocycles. The summed E-state index contributed by atoms with van der Waals surface area (Å²) in [6, 6.07) is 12.3. The molecule has 0 bridgehead atoms. The summed E-state index contributed by atoms with van der Waals surface area (Å²) in [4.78, 5) is 43.4. The summed E-state index contributed by atoms with van der Waals surface area (Å²) in [5.41, 5.74) is 2.94. The summed E-state index contributed by atoms with van der Waals surface area (Å²) < 4.78 is 7.37. The maximum Gasteiger partial charge on any atom is 0.251 e. The number of carbonyl (C=O) groups is 3. The fourth-order valence-corrected chi connectivity index (χ4v) is 4.27. The van der Waals surface area contributed by atoms with Crippen molar-refractivity contribution in [2.45, 2.75) is 39.3 Å². The minimum Gasteiger partial charge on any atom is -0.489 e. The lowest BCUT2D eigenvalue weighted by atomic mass is 10.0. The lowest BCUT2D eigenvalue weighted by Gasteiger charge is -2.21. The summed E-state index contributed by atoms with van der Waals surface area (Å²) in [5, 5.41) is 6.28. The van der Waals surface area contributed by atoms with Crippen molar-refractivity contribution in [3.05, 3.63) is 70.6 Å². The Labute approximate surface area is 234 Å². The second kappa shape index (κ2) is 13.4. The first-order valence-electron chi connectivity index (χ1n) is 12.7. The van der Waals surface area contributed by atoms with Gasteiger partial charge in [-0.3, -0.25) is 14.4 Å². The highest BCUT2D eigenvalue weighted by Gasteiger charge is 2.18. The van der Waals surface area contributed by atoms with E-state index >= 15 is 0 Å². The number of carbonyl (C=O) groups excluding carboxylic acids is 3. The fraction of sp³-hybridized carbons (Fsp3) is 0.379. The molecule has 1 heterocycles. The lowest BCUT2D eigenvalue weighted by molar-refractivity contribution is -0.121. The van der Waals surface area contributed by atoms with E-state index in [0.29, 0.717) is 34.3 Å². The van der Waals surface area contributed by atoms with Crippen LogP contribution in [0.1, 0.15) is 47.3 Å². The van der Waals surface area contributed by atoms with Gasteiger partial charge < -0.3 is 24.8 Å². The number of ketones is 1. The summed E-state index contributed by atoms with van der Waals surface area (Å²) in [6.07, 6.45) is 2.26. The summed E-state index contributed by atoms with van der Waals surface area (Å²) in [5.74, 6) is 0.373. The molecule has 1 aromatic heterocycles. The molecule has 2 amide bonds. The van der Waals surface area contributed by atoms with Gasteiger partial charge in [-0.2, -0.15) is 0 Å². The Hall–Kier alpha value is -3.69. The van der Waals surface area contributed by atoms with E-state index in [4.69, 9.17) is 16.3 Å². The van der Waals surface area contributed by atoms with E-state index in [0.717, 1.165) is 11.1 Å². The Morgan fingerprint density at radius 1 is 1.10 bits per heavy atom. The van der Waals surface area contributed by atoms with Gasteiger partial charge in [-0.15, -0.1) is 0 Å². The Kier molecular flexibility index (Phi) is 10.3. The van der Waals surface area contributed by atoms with Crippen molar-refractivity contribution < 1.29 is 19.1 Å². The van der Waals surface area contributed by atoms with Gasteiger partial charge in [-0.1, -0.05) is 35.9 Å². The highest BCUT2D eigenvalue weighted by molar-refractivity contribution is 6.32. The number of hydrogen-bond acceptors (Lipinski definition) is 6. The Balaban J connectivity index is 1.75. The van der Waals surface area contributed by atoms with Crippen LogP contribution in [0, 0.1) is 0 Å². The van der Waals surface area contributed by atoms with Crippen LogP contribution < -0.4 is 15.4 Å². The predicted molar refractivity (Wildman–Crippen MR) is 152 cm³/mol. The van der Waals surface area contributed by atoms with Crippen molar-refractivity contribution in [3.8, 4) is 17.0 Å². The minimum atomic E-state index is -0.376. The van der Waals surface area contributed by atoms with E-state index in [2.05, 4.69) is 15.6 Å². The Bertz CT molecular complexity index is 1320. The van der Waals surface area contributed by atoms with Crippen molar-refractivity contribution >= 4 is 29.2 Å². The van der Waals surface area contributed by atoms with Gasteiger partial charge in [0.15, 0.2) is 11.6 Å². The number of amides is 2. The molecule has 3 rings (SSSR count). The van der Waals surface area contributed by atoms with E-state index in [1.807, 2.05) is 58.4 Å². The molecule has 1 unspecified atom stereocenters. The summed E-state index contributed by atoms with van der Waals surface area (Å²) in [7, 11) is 5.42. The molecule has 2 N–H and O–H groups in total. The molecule has 0 radical (unpaired) electrons. The molecule has 39 heavy (non-hydrogen) atoms. The molecule has 3 aromatic rings. The highest BCUT2D eigenvalue weighted by Crippen LogP contribution is 2.26. The van der Waals surface area contributed by atoms with Gasteiger partial charge in [0.25, 0.3) is 5.91 Å². The van der Waals surface area contributed by atoms with Crippen LogP contribution in [-0.2, 0) is 18.3 Å². The van der Waals surface area contributed by atoms with E-state index in [9.17, 15) is 14.4 Å². The molecular formula is C29H36ClN5O4. The number of rotatable bonds is 12. The van der Waals surface area contributed by atoms with Crippen LogP contribution in [0.2, 0.25) is 5.02 Å². The van der Waals surface area contributed by atoms with Crippen LogP contribution in [0.25, 0.3) is 11.3 Å². The number of likely N-dealkylation sites (N-methyl/N-ethyl adjacent to an activating group) is 1. The van der Waals surface area contributed by atoms with Crippen LogP contribution in [-0.4, -0.2) is 71.4 Å². The van der Waals surface area contributed by atoms with Crippen LogP contribution in [0.3, 0.4) is 0 Å². The zero-order valence-corrected chi connectivity index (χ0v) is 24.0. The van der Waals surface area contributed by atoms with Gasteiger partial charge in [0.05, 0.1) is 29.4 Å². The fourth-order valence-electron chi connectivity index (χ4n) is 4.04. The van der Waals surface area contributed by atoms with Gasteiger partial charge in [0, 0.05) is 37.8 Å². The average molecular weight is 554 g/mol. The molecule has 10 heteroatoms. The number of Topliss-reactive ketones (excluding diaryl/α,β-unsaturated/α-hetero) is 1. The molecule has 0 saturated heterocycles. The second-order valence-corrected chi connectivity index (χ2v) is 10.4. The molecule has 0 fully saturated rings. The molecule has 208 valence electrons. The van der Waals surface area contributed by atoms with E-state index in [1.54, 1.807) is 34.7 Å². The minimum absolute atomic E-state index is 0.0439. The van der Waals surface area contributed by atoms with Gasteiger partial charge in [-0.25, -0.2) is 4.98 Å². The van der Waals surface area contributed by atoms with Crippen molar-refractivity contribution in [1.29, 1.82) is 0 Å². The van der Waals surface area contributed by atoms with Gasteiger partial charge in [0.2, 0.25) is 5.91 Å². The molecular weight excluding hydrogens is 518 g/mol. The first kappa shape index (κ1) is 29.9. The molecule has 9 nitrogen and oxygen atoms in total. The molecule has 0 spiro atoms. The van der Waals surface area contributed by atoms with Crippen LogP contribution in [0.5, 0.6) is 5.75 Å². The predicted octanol–water partition coefficient (Wildman–Crippen LogP) is 3.75. The standard InChI is InChI=1S/C29H36ClN5O4/c1-18(2)39-26-12-11-22(14-24(26)30)29(38)32-23(15-31-27(37)17-34(4)5)13-20-7-9-21(10-8-20)25-16-35(6)28(33-25)19(3)36/h7-12,14,16,18,23H,13,15,17H2,1-6H3,(H,31,37)(H,32,38). The van der Waals surface area contributed by atoms with Gasteiger partial charge >= 0.3 is 0 Å². The zero-order chi connectivity index (χ0) is 28.7. The van der Waals surface area contributed by atoms with E-state index in [1.165, 1.54) is 6.92 Å². The largest absolute Gasteiger partial charge is 0.489 e. The van der Waals surface area contributed by atoms with Crippen LogP contribution in [0.4, 0.5) is 0 Å². The first-order valence-corrected chi connectivity index (χ1v) is 13.1. The molecule has 0 aliphatic heterocycles. The topological polar surface area (TPSA) is 106 Å². The van der Waals surface area contributed by atoms with Gasteiger partial charge in [0.1, 0.15) is 5.75 Å². The number of nitrogens with zero attached hydrogens (tertiary/aromatic N) is 3. The lowest BCUT2D eigenvalue weighted by Crippen LogP contribution is -2.46. The van der Waals surface area contributed by atoms with Crippen LogP contribution in [0.15, 0.2) is 48.7 Å². The molecule has 1 atom stereocenters. The normalized spacial score (nSPS) is 11.9.